The van der Waals surface area contributed by atoms with Gasteiger partial charge in [0.15, 0.2) is 0 Å². The molecule has 0 amide bonds. The van der Waals surface area contributed by atoms with Crippen molar-refractivity contribution in [1.29, 1.82) is 0 Å². The van der Waals surface area contributed by atoms with Crippen LogP contribution in [0.15, 0.2) is 47.3 Å². The summed E-state index contributed by atoms with van der Waals surface area (Å²) in [7, 11) is 0. The maximum atomic E-state index is 14.2. The molecule has 7 heteroatoms. The molecular weight excluding hydrogens is 388 g/mol. The molecule has 0 fully saturated rings. The molecule has 0 aliphatic carbocycles. The smallest absolute Gasteiger partial charge is 0.255 e. The molecule has 0 saturated carbocycles. The molecule has 1 aliphatic rings. The molecule has 0 saturated heterocycles. The molecule has 4 nitrogen and oxygen atoms in total. The van der Waals surface area contributed by atoms with E-state index in [9.17, 15) is 9.18 Å². The van der Waals surface area contributed by atoms with Gasteiger partial charge in [-0.1, -0.05) is 35.3 Å². The van der Waals surface area contributed by atoms with Crippen LogP contribution in [0.5, 0.6) is 0 Å². The molecule has 0 radical (unpaired) electrons. The second kappa shape index (κ2) is 7.43. The third kappa shape index (κ3) is 3.76. The molecular formula is C20H16Cl2FN3O. The van der Waals surface area contributed by atoms with Gasteiger partial charge in [-0.2, -0.15) is 0 Å². The van der Waals surface area contributed by atoms with Crippen LogP contribution in [-0.2, 0) is 19.5 Å². The van der Waals surface area contributed by atoms with Crippen molar-refractivity contribution in [3.05, 3.63) is 85.5 Å². The lowest BCUT2D eigenvalue weighted by Gasteiger charge is -2.28. The standard InChI is InChI=1S/C20H16Cl2FN3O/c21-14-6-4-12(5-7-14)19-24-17-8-9-26(11-15(17)20(27)25-19)10-13-2-1-3-16(22)18(13)23/h1-7H,8-11H2,(H,24,25,27). The Balaban J connectivity index is 1.59. The summed E-state index contributed by atoms with van der Waals surface area (Å²) in [6.45, 7) is 1.50. The summed E-state index contributed by atoms with van der Waals surface area (Å²) in [6.07, 6.45) is 0.627. The quantitative estimate of drug-likeness (QED) is 0.702. The van der Waals surface area contributed by atoms with Crippen LogP contribution < -0.4 is 5.56 Å². The number of nitrogens with one attached hydrogen (secondary N) is 1. The second-order valence-corrected chi connectivity index (χ2v) is 7.36. The lowest BCUT2D eigenvalue weighted by molar-refractivity contribution is 0.238. The molecule has 0 bridgehead atoms. The number of aromatic nitrogens is 2. The Labute approximate surface area is 165 Å². The van der Waals surface area contributed by atoms with Crippen molar-refractivity contribution in [2.75, 3.05) is 6.54 Å². The second-order valence-electron chi connectivity index (χ2n) is 6.52. The summed E-state index contributed by atoms with van der Waals surface area (Å²) < 4.78 is 14.2. The fraction of sp³-hybridized carbons (Fsp3) is 0.200. The van der Waals surface area contributed by atoms with Crippen LogP contribution in [0.2, 0.25) is 10.0 Å². The first-order chi connectivity index (χ1) is 13.0. The molecule has 3 aromatic rings. The average molecular weight is 404 g/mol. The number of hydrogen-bond donors (Lipinski definition) is 1. The zero-order valence-corrected chi connectivity index (χ0v) is 15.8. The lowest BCUT2D eigenvalue weighted by atomic mass is 10.1. The van der Waals surface area contributed by atoms with Crippen LogP contribution in [0.4, 0.5) is 4.39 Å². The van der Waals surface area contributed by atoms with Gasteiger partial charge in [0.2, 0.25) is 0 Å². The fourth-order valence-electron chi connectivity index (χ4n) is 3.27. The van der Waals surface area contributed by atoms with Gasteiger partial charge < -0.3 is 4.98 Å². The number of benzene rings is 2. The van der Waals surface area contributed by atoms with E-state index in [0.29, 0.717) is 48.0 Å². The van der Waals surface area contributed by atoms with Crippen LogP contribution in [0.1, 0.15) is 16.8 Å². The molecule has 2 aromatic carbocycles. The summed E-state index contributed by atoms with van der Waals surface area (Å²) in [5.74, 6) is 0.125. The van der Waals surface area contributed by atoms with Gasteiger partial charge in [0.05, 0.1) is 16.3 Å². The van der Waals surface area contributed by atoms with Gasteiger partial charge >= 0.3 is 0 Å². The molecule has 1 aromatic heterocycles. The first-order valence-electron chi connectivity index (χ1n) is 8.54. The number of aromatic amines is 1. The zero-order chi connectivity index (χ0) is 19.0. The molecule has 1 aliphatic heterocycles. The van der Waals surface area contributed by atoms with E-state index in [1.807, 2.05) is 17.0 Å². The molecule has 0 unspecified atom stereocenters. The van der Waals surface area contributed by atoms with Crippen LogP contribution >= 0.6 is 23.2 Å². The number of hydrogen-bond acceptors (Lipinski definition) is 3. The highest BCUT2D eigenvalue weighted by Crippen LogP contribution is 2.23. The van der Waals surface area contributed by atoms with Crippen LogP contribution in [0.25, 0.3) is 11.4 Å². The Bertz CT molecular complexity index is 1050. The highest BCUT2D eigenvalue weighted by Gasteiger charge is 2.22. The first-order valence-corrected chi connectivity index (χ1v) is 9.30. The van der Waals surface area contributed by atoms with Gasteiger partial charge in [-0.3, -0.25) is 9.69 Å². The van der Waals surface area contributed by atoms with E-state index < -0.39 is 5.82 Å². The van der Waals surface area contributed by atoms with Gasteiger partial charge in [-0.25, -0.2) is 9.37 Å². The van der Waals surface area contributed by atoms with Crippen molar-refractivity contribution < 1.29 is 4.39 Å². The number of fused-ring (bicyclic) bond motifs is 1. The van der Waals surface area contributed by atoms with Gasteiger partial charge in [0.1, 0.15) is 11.6 Å². The van der Waals surface area contributed by atoms with E-state index in [1.165, 1.54) is 6.07 Å². The molecule has 0 atom stereocenters. The third-order valence-corrected chi connectivity index (χ3v) is 5.23. The SMILES string of the molecule is O=c1[nH]c(-c2ccc(Cl)cc2)nc2c1CN(Cc1cccc(Cl)c1F)CC2. The van der Waals surface area contributed by atoms with E-state index in [-0.39, 0.29) is 10.6 Å². The maximum Gasteiger partial charge on any atom is 0.255 e. The number of rotatable bonds is 3. The highest BCUT2D eigenvalue weighted by molar-refractivity contribution is 6.31. The minimum absolute atomic E-state index is 0.108. The van der Waals surface area contributed by atoms with E-state index >= 15 is 0 Å². The predicted molar refractivity (Wildman–Crippen MR) is 105 cm³/mol. The largest absolute Gasteiger partial charge is 0.306 e. The van der Waals surface area contributed by atoms with Gasteiger partial charge in [-0.05, 0) is 30.3 Å². The van der Waals surface area contributed by atoms with Crippen molar-refractivity contribution in [2.45, 2.75) is 19.5 Å². The Hall–Kier alpha value is -2.21. The summed E-state index contributed by atoms with van der Waals surface area (Å²) in [5, 5.41) is 0.736. The van der Waals surface area contributed by atoms with Crippen molar-refractivity contribution in [3.8, 4) is 11.4 Å². The monoisotopic (exact) mass is 403 g/mol. The van der Waals surface area contributed by atoms with Crippen LogP contribution in [-0.4, -0.2) is 21.4 Å². The van der Waals surface area contributed by atoms with Crippen molar-refractivity contribution in [2.24, 2.45) is 0 Å². The summed E-state index contributed by atoms with van der Waals surface area (Å²) in [4.78, 5) is 22.1. The molecule has 2 heterocycles. The third-order valence-electron chi connectivity index (χ3n) is 4.69. The van der Waals surface area contributed by atoms with Gasteiger partial charge in [0.25, 0.3) is 5.56 Å². The zero-order valence-electron chi connectivity index (χ0n) is 14.3. The Morgan fingerprint density at radius 1 is 1.15 bits per heavy atom. The lowest BCUT2D eigenvalue weighted by Crippen LogP contribution is -2.35. The van der Waals surface area contributed by atoms with Crippen molar-refractivity contribution in [3.63, 3.8) is 0 Å². The van der Waals surface area contributed by atoms with Crippen LogP contribution in [0, 0.1) is 5.82 Å². The Morgan fingerprint density at radius 2 is 1.93 bits per heavy atom. The molecule has 27 heavy (non-hydrogen) atoms. The summed E-state index contributed by atoms with van der Waals surface area (Å²) in [6, 6.07) is 12.1. The highest BCUT2D eigenvalue weighted by atomic mass is 35.5. The van der Waals surface area contributed by atoms with E-state index in [1.54, 1.807) is 24.3 Å². The first kappa shape index (κ1) is 18.2. The minimum Gasteiger partial charge on any atom is -0.306 e. The number of halogens is 3. The molecule has 0 spiro atoms. The predicted octanol–water partition coefficient (Wildman–Crippen LogP) is 4.44. The minimum atomic E-state index is -0.407. The molecule has 4 rings (SSSR count). The Morgan fingerprint density at radius 3 is 2.70 bits per heavy atom. The van der Waals surface area contributed by atoms with E-state index in [0.717, 1.165) is 11.3 Å². The summed E-state index contributed by atoms with van der Waals surface area (Å²) in [5.41, 5.74) is 2.57. The number of nitrogens with zero attached hydrogens (tertiary/aromatic N) is 2. The molecule has 138 valence electrons. The van der Waals surface area contributed by atoms with Crippen molar-refractivity contribution >= 4 is 23.2 Å². The maximum absolute atomic E-state index is 14.2. The van der Waals surface area contributed by atoms with E-state index in [2.05, 4.69) is 9.97 Å². The average Bonchev–Trinajstić information content (AvgIpc) is 2.66. The molecule has 1 N–H and O–H groups in total. The fourth-order valence-corrected chi connectivity index (χ4v) is 3.59. The van der Waals surface area contributed by atoms with E-state index in [4.69, 9.17) is 23.2 Å². The van der Waals surface area contributed by atoms with Crippen molar-refractivity contribution in [1.82, 2.24) is 14.9 Å². The Kier molecular flexibility index (Phi) is 5.00. The van der Waals surface area contributed by atoms with Crippen LogP contribution in [0.3, 0.4) is 0 Å². The summed E-state index contributed by atoms with van der Waals surface area (Å²) >= 11 is 11.8. The normalized spacial score (nSPS) is 14.2. The topological polar surface area (TPSA) is 49.0 Å². The van der Waals surface area contributed by atoms with Gasteiger partial charge in [0, 0.05) is 42.2 Å². The van der Waals surface area contributed by atoms with Gasteiger partial charge in [-0.15, -0.1) is 0 Å². The number of H-pyrrole nitrogens is 1.